The maximum absolute atomic E-state index is 13.9. The molecule has 0 aromatic carbocycles. The Bertz CT molecular complexity index is 1260. The number of hydrogen-bond acceptors (Lipinski definition) is 8. The van der Waals surface area contributed by atoms with Crippen molar-refractivity contribution in [3.05, 3.63) is 45.8 Å². The number of fused-ring (bicyclic) bond motifs is 2. The van der Waals surface area contributed by atoms with Gasteiger partial charge in [-0.25, -0.2) is 14.4 Å². The molecule has 4 heterocycles. The smallest absolute Gasteiger partial charge is 0.263 e. The number of halogens is 1. The first-order valence-corrected chi connectivity index (χ1v) is 12.8. The van der Waals surface area contributed by atoms with Crippen molar-refractivity contribution in [1.29, 1.82) is 0 Å². The van der Waals surface area contributed by atoms with Crippen LogP contribution in [0.3, 0.4) is 0 Å². The number of aromatic nitrogens is 2. The first-order valence-electron chi connectivity index (χ1n) is 11.9. The van der Waals surface area contributed by atoms with E-state index < -0.39 is 5.82 Å². The van der Waals surface area contributed by atoms with Crippen molar-refractivity contribution >= 4 is 39.0 Å². The number of amides is 1. The molecule has 0 unspecified atom stereocenters. The van der Waals surface area contributed by atoms with Gasteiger partial charge >= 0.3 is 0 Å². The van der Waals surface area contributed by atoms with Gasteiger partial charge in [-0.05, 0) is 50.9 Å². The molecular formula is C25H31FN6O2S. The molecule has 4 N–H and O–H groups in total. The van der Waals surface area contributed by atoms with Crippen LogP contribution in [0.25, 0.3) is 10.2 Å². The van der Waals surface area contributed by atoms with E-state index in [-0.39, 0.29) is 17.6 Å². The Kier molecular flexibility index (Phi) is 6.61. The third-order valence-corrected chi connectivity index (χ3v) is 8.27. The third-order valence-electron chi connectivity index (χ3n) is 7.16. The Morgan fingerprint density at radius 1 is 1.34 bits per heavy atom. The molecule has 1 fully saturated rings. The summed E-state index contributed by atoms with van der Waals surface area (Å²) >= 11 is 1.20. The van der Waals surface area contributed by atoms with Gasteiger partial charge in [0.2, 0.25) is 0 Å². The summed E-state index contributed by atoms with van der Waals surface area (Å²) in [5.74, 6) is 0.771. The number of anilines is 2. The summed E-state index contributed by atoms with van der Waals surface area (Å²) in [6.45, 7) is 4.15. The van der Waals surface area contributed by atoms with Gasteiger partial charge in [0.25, 0.3) is 5.91 Å². The molecule has 1 amide bonds. The van der Waals surface area contributed by atoms with Crippen LogP contribution in [0.15, 0.2) is 18.2 Å². The van der Waals surface area contributed by atoms with Gasteiger partial charge in [0.1, 0.15) is 21.3 Å². The van der Waals surface area contributed by atoms with Crippen LogP contribution in [0, 0.1) is 18.7 Å². The van der Waals surface area contributed by atoms with Crippen LogP contribution < -0.4 is 21.3 Å². The normalized spacial score (nSPS) is 21.9. The Balaban J connectivity index is 1.27. The van der Waals surface area contributed by atoms with E-state index in [0.717, 1.165) is 56.0 Å². The number of hydrogen-bond donors (Lipinski definition) is 3. The summed E-state index contributed by atoms with van der Waals surface area (Å²) in [6, 6.07) is 5.95. The van der Waals surface area contributed by atoms with Crippen LogP contribution in [0.1, 0.15) is 33.0 Å². The van der Waals surface area contributed by atoms with Crippen molar-refractivity contribution in [1.82, 2.24) is 20.6 Å². The highest BCUT2D eigenvalue weighted by molar-refractivity contribution is 7.21. The molecule has 35 heavy (non-hydrogen) atoms. The lowest BCUT2D eigenvalue weighted by Gasteiger charge is -2.26. The van der Waals surface area contributed by atoms with E-state index >= 15 is 0 Å². The first-order chi connectivity index (χ1) is 16.9. The summed E-state index contributed by atoms with van der Waals surface area (Å²) in [7, 11) is 3.74. The Labute approximate surface area is 208 Å². The number of likely N-dealkylation sites (N-methyl/N-ethyl adjacent to an activating group) is 1. The fourth-order valence-corrected chi connectivity index (χ4v) is 6.22. The van der Waals surface area contributed by atoms with Crippen LogP contribution in [-0.2, 0) is 17.6 Å². The predicted molar refractivity (Wildman–Crippen MR) is 137 cm³/mol. The van der Waals surface area contributed by atoms with E-state index in [1.807, 2.05) is 7.05 Å². The molecule has 8 nitrogen and oxygen atoms in total. The zero-order valence-electron chi connectivity index (χ0n) is 20.2. The quantitative estimate of drug-likeness (QED) is 0.480. The van der Waals surface area contributed by atoms with Crippen molar-refractivity contribution < 1.29 is 13.9 Å². The molecule has 1 aliphatic carbocycles. The standard InChI is InChI=1S/C25H31FN6O2S/c1-13-18(26)9-17-22(27)23(35-25(17)29-13)24(33)30-16-5-6-19-14(8-16)4-7-21(31-19)32-10-15(12-34-3)20(11-32)28-2/h4,7,9,15-16,20,28H,5-6,8,10-12,27H2,1-3H3,(H,30,33)/t15-,16+,20+/m1/s1. The molecule has 3 aromatic rings. The molecular weight excluding hydrogens is 467 g/mol. The molecule has 0 saturated carbocycles. The van der Waals surface area contributed by atoms with Crippen LogP contribution >= 0.6 is 11.3 Å². The van der Waals surface area contributed by atoms with Gasteiger partial charge in [-0.1, -0.05) is 6.07 Å². The summed E-state index contributed by atoms with van der Waals surface area (Å²) in [5.41, 5.74) is 9.02. The molecule has 2 aliphatic rings. The second-order valence-electron chi connectivity index (χ2n) is 9.46. The van der Waals surface area contributed by atoms with Crippen LogP contribution in [-0.4, -0.2) is 61.8 Å². The molecule has 3 aromatic heterocycles. The van der Waals surface area contributed by atoms with E-state index in [9.17, 15) is 9.18 Å². The van der Waals surface area contributed by atoms with Gasteiger partial charge < -0.3 is 26.0 Å². The fourth-order valence-electron chi connectivity index (χ4n) is 5.19. The van der Waals surface area contributed by atoms with E-state index in [0.29, 0.717) is 32.7 Å². The highest BCUT2D eigenvalue weighted by Crippen LogP contribution is 2.34. The molecule has 10 heteroatoms. The van der Waals surface area contributed by atoms with Gasteiger partial charge in [0, 0.05) is 49.3 Å². The number of nitrogen functional groups attached to an aromatic ring is 1. The third kappa shape index (κ3) is 4.57. The molecule has 0 bridgehead atoms. The highest BCUT2D eigenvalue weighted by atomic mass is 32.1. The molecule has 186 valence electrons. The number of nitrogens with zero attached hydrogens (tertiary/aromatic N) is 3. The zero-order chi connectivity index (χ0) is 24.7. The molecule has 5 rings (SSSR count). The second-order valence-corrected chi connectivity index (χ2v) is 10.5. The van der Waals surface area contributed by atoms with E-state index in [2.05, 4.69) is 32.7 Å². The molecule has 1 saturated heterocycles. The van der Waals surface area contributed by atoms with Crippen molar-refractivity contribution in [2.75, 3.05) is 44.5 Å². The summed E-state index contributed by atoms with van der Waals surface area (Å²) < 4.78 is 19.3. The van der Waals surface area contributed by atoms with Crippen molar-refractivity contribution in [2.45, 2.75) is 38.3 Å². The van der Waals surface area contributed by atoms with Gasteiger partial charge in [0.05, 0.1) is 18.0 Å². The van der Waals surface area contributed by atoms with E-state index in [1.165, 1.54) is 17.4 Å². The maximum atomic E-state index is 13.9. The van der Waals surface area contributed by atoms with E-state index in [4.69, 9.17) is 15.5 Å². The Hall–Kier alpha value is -2.82. The first kappa shape index (κ1) is 23.9. The largest absolute Gasteiger partial charge is 0.397 e. The molecule has 1 aliphatic heterocycles. The average Bonchev–Trinajstić information content (AvgIpc) is 3.40. The lowest BCUT2D eigenvalue weighted by atomic mass is 9.91. The Morgan fingerprint density at radius 2 is 2.17 bits per heavy atom. The summed E-state index contributed by atoms with van der Waals surface area (Å²) in [5, 5.41) is 7.01. The molecule has 0 radical (unpaired) electrons. The number of rotatable bonds is 6. The number of ether oxygens (including phenoxy) is 1. The van der Waals surface area contributed by atoms with Crippen molar-refractivity contribution in [2.24, 2.45) is 5.92 Å². The van der Waals surface area contributed by atoms with Gasteiger partial charge in [-0.15, -0.1) is 11.3 Å². The minimum Gasteiger partial charge on any atom is -0.397 e. The number of nitrogens with one attached hydrogen (secondary N) is 2. The summed E-state index contributed by atoms with van der Waals surface area (Å²) in [6.07, 6.45) is 2.32. The van der Waals surface area contributed by atoms with Crippen LogP contribution in [0.5, 0.6) is 0 Å². The Morgan fingerprint density at radius 3 is 2.94 bits per heavy atom. The predicted octanol–water partition coefficient (Wildman–Crippen LogP) is 2.68. The second kappa shape index (κ2) is 9.67. The fraction of sp³-hybridized carbons (Fsp3) is 0.480. The summed E-state index contributed by atoms with van der Waals surface area (Å²) in [4.78, 5) is 25.5. The SMILES string of the molecule is CN[C@H]1CN(c2ccc3c(n2)CC[C@H](NC(=O)c2sc4nc(C)c(F)cc4c2N)C3)C[C@@H]1COC. The van der Waals surface area contributed by atoms with Crippen molar-refractivity contribution in [3.63, 3.8) is 0 Å². The van der Waals surface area contributed by atoms with Crippen molar-refractivity contribution in [3.8, 4) is 0 Å². The number of pyridine rings is 2. The van der Waals surface area contributed by atoms with Gasteiger partial charge in [-0.3, -0.25) is 4.79 Å². The van der Waals surface area contributed by atoms with Crippen LogP contribution in [0.4, 0.5) is 15.9 Å². The minimum atomic E-state index is -0.422. The lowest BCUT2D eigenvalue weighted by Crippen LogP contribution is -2.39. The topological polar surface area (TPSA) is 105 Å². The van der Waals surface area contributed by atoms with Crippen LogP contribution in [0.2, 0.25) is 0 Å². The lowest BCUT2D eigenvalue weighted by molar-refractivity contribution is 0.0938. The molecule has 0 spiro atoms. The number of thiophene rings is 1. The molecule has 3 atom stereocenters. The van der Waals surface area contributed by atoms with E-state index in [1.54, 1.807) is 14.0 Å². The monoisotopic (exact) mass is 498 g/mol. The maximum Gasteiger partial charge on any atom is 0.263 e. The van der Waals surface area contributed by atoms with Gasteiger partial charge in [0.15, 0.2) is 0 Å². The number of nitrogens with two attached hydrogens (primary N) is 1. The number of carbonyl (C=O) groups excluding carboxylic acids is 1. The number of aryl methyl sites for hydroxylation is 2. The zero-order valence-corrected chi connectivity index (χ0v) is 21.0. The average molecular weight is 499 g/mol. The number of methoxy groups -OCH3 is 1. The number of carbonyl (C=O) groups is 1. The van der Waals surface area contributed by atoms with Gasteiger partial charge in [-0.2, -0.15) is 0 Å². The minimum absolute atomic E-state index is 0.00904. The highest BCUT2D eigenvalue weighted by Gasteiger charge is 2.33.